The van der Waals surface area contributed by atoms with Crippen molar-refractivity contribution in [2.45, 2.75) is 37.6 Å². The van der Waals surface area contributed by atoms with Crippen LogP contribution >= 0.6 is 27.5 Å². The van der Waals surface area contributed by atoms with Crippen molar-refractivity contribution < 1.29 is 0 Å². The Kier molecular flexibility index (Phi) is 4.51. The molecule has 0 bridgehead atoms. The second-order valence-electron chi connectivity index (χ2n) is 5.70. The van der Waals surface area contributed by atoms with Gasteiger partial charge in [0, 0.05) is 21.5 Å². The van der Waals surface area contributed by atoms with Crippen LogP contribution in [-0.4, -0.2) is 17.1 Å². The molecule has 0 radical (unpaired) electrons. The molecule has 0 aromatic heterocycles. The van der Waals surface area contributed by atoms with Crippen LogP contribution in [0, 0.1) is 0 Å². The van der Waals surface area contributed by atoms with Crippen LogP contribution in [0.5, 0.6) is 0 Å². The Balaban J connectivity index is 2.05. The summed E-state index contributed by atoms with van der Waals surface area (Å²) in [6, 6.07) is 8.32. The molecule has 2 aliphatic rings. The smallest absolute Gasteiger partial charge is 0.123 e. The van der Waals surface area contributed by atoms with Gasteiger partial charge in [0.25, 0.3) is 0 Å². The van der Waals surface area contributed by atoms with E-state index in [1.807, 2.05) is 12.1 Å². The normalized spacial score (nSPS) is 25.4. The first-order valence-electron chi connectivity index (χ1n) is 7.15. The Morgan fingerprint density at radius 2 is 1.85 bits per heavy atom. The van der Waals surface area contributed by atoms with E-state index in [-0.39, 0.29) is 16.6 Å². The van der Waals surface area contributed by atoms with Gasteiger partial charge in [-0.2, -0.15) is 0 Å². The number of benzene rings is 1. The molecular formula is C16H20BrClNS+. The highest BCUT2D eigenvalue weighted by molar-refractivity contribution is 9.09. The molecule has 1 saturated carbocycles. The Hall–Kier alpha value is 0.0400. The maximum absolute atomic E-state index is 6.03. The molecule has 1 aliphatic heterocycles. The van der Waals surface area contributed by atoms with Crippen LogP contribution < -0.4 is 4.72 Å². The zero-order chi connectivity index (χ0) is 14.2. The van der Waals surface area contributed by atoms with Gasteiger partial charge in [-0.3, -0.25) is 0 Å². The van der Waals surface area contributed by atoms with Crippen LogP contribution in [0.15, 0.2) is 29.8 Å². The summed E-state index contributed by atoms with van der Waals surface area (Å²) in [4.78, 5) is 1.50. The van der Waals surface area contributed by atoms with Gasteiger partial charge < -0.3 is 0 Å². The standard InChI is InChI=1S/C16H20BrClNS/c1-20-15(12-5-7-13(18)8-6-12)14(11-17)16(19-20)9-3-2-4-10-16/h5-8,19H,2-4,9-11H2,1H3/q+1. The Morgan fingerprint density at radius 1 is 1.20 bits per heavy atom. The van der Waals surface area contributed by atoms with Crippen LogP contribution in [0.25, 0.3) is 4.91 Å². The molecular weight excluding hydrogens is 354 g/mol. The SMILES string of the molecule is C[S+]1NC2(CCCCC2)C(CBr)=C1c1ccc(Cl)cc1. The highest BCUT2D eigenvalue weighted by Crippen LogP contribution is 2.46. The van der Waals surface area contributed by atoms with Gasteiger partial charge in [0.15, 0.2) is 4.91 Å². The lowest BCUT2D eigenvalue weighted by Crippen LogP contribution is -2.46. The summed E-state index contributed by atoms with van der Waals surface area (Å²) in [6.45, 7) is 0. The van der Waals surface area contributed by atoms with Crippen molar-refractivity contribution in [3.8, 4) is 0 Å². The van der Waals surface area contributed by atoms with Gasteiger partial charge in [0.2, 0.25) is 0 Å². The van der Waals surface area contributed by atoms with E-state index >= 15 is 0 Å². The number of halogens is 2. The maximum Gasteiger partial charge on any atom is 0.184 e. The summed E-state index contributed by atoms with van der Waals surface area (Å²) < 4.78 is 3.92. The minimum Gasteiger partial charge on any atom is -0.123 e. The largest absolute Gasteiger partial charge is 0.184 e. The third-order valence-corrected chi connectivity index (χ3v) is 7.06. The summed E-state index contributed by atoms with van der Waals surface area (Å²) in [5, 5.41) is 1.78. The minimum absolute atomic E-state index is 0.121. The van der Waals surface area contributed by atoms with Crippen LogP contribution in [0.1, 0.15) is 37.7 Å². The van der Waals surface area contributed by atoms with Crippen molar-refractivity contribution in [1.29, 1.82) is 0 Å². The number of nitrogens with one attached hydrogen (secondary N) is 1. The molecule has 1 aliphatic carbocycles. The first kappa shape index (κ1) is 15.0. The van der Waals surface area contributed by atoms with Crippen molar-refractivity contribution >= 4 is 43.5 Å². The van der Waals surface area contributed by atoms with Crippen molar-refractivity contribution in [3.63, 3.8) is 0 Å². The van der Waals surface area contributed by atoms with E-state index in [9.17, 15) is 0 Å². The lowest BCUT2D eigenvalue weighted by atomic mass is 9.77. The summed E-state index contributed by atoms with van der Waals surface area (Å²) >= 11 is 9.90. The molecule has 1 atom stereocenters. The van der Waals surface area contributed by atoms with Crippen molar-refractivity contribution in [1.82, 2.24) is 4.72 Å². The zero-order valence-corrected chi connectivity index (χ0v) is 14.9. The molecule has 3 rings (SSSR count). The maximum atomic E-state index is 6.03. The number of alkyl halides is 1. The fourth-order valence-corrected chi connectivity index (χ4v) is 6.78. The first-order valence-corrected chi connectivity index (χ1v) is 10.3. The summed E-state index contributed by atoms with van der Waals surface area (Å²) in [5.74, 6) is 0. The highest BCUT2D eigenvalue weighted by Gasteiger charge is 2.50. The van der Waals surface area contributed by atoms with Crippen LogP contribution in [0.2, 0.25) is 5.02 Å². The van der Waals surface area contributed by atoms with E-state index in [1.165, 1.54) is 42.6 Å². The lowest BCUT2D eigenvalue weighted by molar-refractivity contribution is 0.326. The predicted octanol–water partition coefficient (Wildman–Crippen LogP) is 4.92. The Bertz CT molecular complexity index is 520. The van der Waals surface area contributed by atoms with Crippen molar-refractivity contribution in [2.75, 3.05) is 11.6 Å². The Morgan fingerprint density at radius 3 is 2.45 bits per heavy atom. The molecule has 1 N–H and O–H groups in total. The summed E-state index contributed by atoms with van der Waals surface area (Å²) in [5.41, 5.74) is 3.14. The Labute approximate surface area is 137 Å². The fraction of sp³-hybridized carbons (Fsp3) is 0.500. The monoisotopic (exact) mass is 372 g/mol. The molecule has 1 heterocycles. The quantitative estimate of drug-likeness (QED) is 0.573. The van der Waals surface area contributed by atoms with E-state index in [1.54, 1.807) is 5.57 Å². The first-order chi connectivity index (χ1) is 9.66. The van der Waals surface area contributed by atoms with Crippen LogP contribution in [-0.2, 0) is 11.1 Å². The van der Waals surface area contributed by atoms with Gasteiger partial charge in [0.05, 0.1) is 5.54 Å². The average molecular weight is 374 g/mol. The molecule has 4 heteroatoms. The second kappa shape index (κ2) is 6.04. The van der Waals surface area contributed by atoms with E-state index in [0.717, 1.165) is 10.4 Å². The molecule has 1 spiro atoms. The molecule has 1 aromatic carbocycles. The summed E-state index contributed by atoms with van der Waals surface area (Å²) in [6.07, 6.45) is 8.94. The average Bonchev–Trinajstić information content (AvgIpc) is 2.72. The molecule has 1 nitrogen and oxygen atoms in total. The topological polar surface area (TPSA) is 12.0 Å². The van der Waals surface area contributed by atoms with Crippen molar-refractivity contribution in [3.05, 3.63) is 40.4 Å². The molecule has 0 saturated heterocycles. The van der Waals surface area contributed by atoms with E-state index in [0.29, 0.717) is 0 Å². The van der Waals surface area contributed by atoms with Crippen molar-refractivity contribution in [2.24, 2.45) is 0 Å². The van der Waals surface area contributed by atoms with E-state index in [2.05, 4.69) is 39.0 Å². The molecule has 0 amide bonds. The van der Waals surface area contributed by atoms with Gasteiger partial charge in [-0.15, -0.1) is 4.72 Å². The predicted molar refractivity (Wildman–Crippen MR) is 94.4 cm³/mol. The van der Waals surface area contributed by atoms with Gasteiger partial charge in [-0.1, -0.05) is 46.8 Å². The number of hydrogen-bond acceptors (Lipinski definition) is 1. The van der Waals surface area contributed by atoms with Crippen LogP contribution in [0.4, 0.5) is 0 Å². The van der Waals surface area contributed by atoms with Gasteiger partial charge >= 0.3 is 0 Å². The second-order valence-corrected chi connectivity index (χ2v) is 8.33. The highest BCUT2D eigenvalue weighted by atomic mass is 79.9. The summed E-state index contributed by atoms with van der Waals surface area (Å²) in [7, 11) is 0. The fourth-order valence-electron chi connectivity index (χ4n) is 3.51. The van der Waals surface area contributed by atoms with Crippen LogP contribution in [0.3, 0.4) is 0 Å². The zero-order valence-electron chi connectivity index (χ0n) is 11.7. The molecule has 108 valence electrons. The van der Waals surface area contributed by atoms with Gasteiger partial charge in [-0.05, 0) is 37.1 Å². The third-order valence-electron chi connectivity index (χ3n) is 4.45. The van der Waals surface area contributed by atoms with E-state index < -0.39 is 0 Å². The third kappa shape index (κ3) is 2.58. The van der Waals surface area contributed by atoms with Gasteiger partial charge in [-0.25, -0.2) is 0 Å². The van der Waals surface area contributed by atoms with E-state index in [4.69, 9.17) is 11.6 Å². The molecule has 1 fully saturated rings. The molecule has 1 aromatic rings. The minimum atomic E-state index is 0.121. The molecule has 1 unspecified atom stereocenters. The molecule has 20 heavy (non-hydrogen) atoms. The number of hydrogen-bond donors (Lipinski definition) is 1. The lowest BCUT2D eigenvalue weighted by Gasteiger charge is -2.32. The van der Waals surface area contributed by atoms with Gasteiger partial charge in [0.1, 0.15) is 17.3 Å². The number of rotatable bonds is 2.